The molecule has 0 aliphatic heterocycles. The van der Waals surface area contributed by atoms with Crippen molar-refractivity contribution < 1.29 is 4.79 Å². The van der Waals surface area contributed by atoms with Crippen LogP contribution in [0.4, 0.5) is 5.69 Å². The number of anilines is 1. The third-order valence-corrected chi connectivity index (χ3v) is 3.46. The second kappa shape index (κ2) is 7.57. The van der Waals surface area contributed by atoms with Gasteiger partial charge in [0.2, 0.25) is 5.91 Å². The van der Waals surface area contributed by atoms with E-state index >= 15 is 0 Å². The van der Waals surface area contributed by atoms with Gasteiger partial charge in [0.05, 0.1) is 0 Å². The molecule has 0 bridgehead atoms. The number of rotatable bonds is 6. The van der Waals surface area contributed by atoms with Crippen LogP contribution in [0.15, 0.2) is 28.7 Å². The molecule has 1 amide bonds. The first-order valence-electron chi connectivity index (χ1n) is 6.67. The highest BCUT2D eigenvalue weighted by atomic mass is 79.9. The molecule has 1 unspecified atom stereocenters. The fourth-order valence-electron chi connectivity index (χ4n) is 2.15. The first kappa shape index (κ1) is 15.2. The fraction of sp³-hybridized carbons (Fsp3) is 0.533. The van der Waals surface area contributed by atoms with Crippen molar-refractivity contribution in [3.8, 4) is 0 Å². The third-order valence-electron chi connectivity index (χ3n) is 2.97. The third kappa shape index (κ3) is 4.13. The summed E-state index contributed by atoms with van der Waals surface area (Å²) in [4.78, 5) is 14.2. The van der Waals surface area contributed by atoms with Crippen molar-refractivity contribution in [2.75, 3.05) is 4.90 Å². The summed E-state index contributed by atoms with van der Waals surface area (Å²) >= 11 is 3.47. The molecule has 18 heavy (non-hydrogen) atoms. The van der Waals surface area contributed by atoms with Gasteiger partial charge in [-0.2, -0.15) is 0 Å². The SMILES string of the molecule is CCCC(=O)N(c1cccc(Br)c1)C(C)CCC. The number of carbonyl (C=O) groups excluding carboxylic acids is 1. The molecule has 1 atom stereocenters. The van der Waals surface area contributed by atoms with Gasteiger partial charge >= 0.3 is 0 Å². The van der Waals surface area contributed by atoms with Crippen molar-refractivity contribution in [1.82, 2.24) is 0 Å². The maximum atomic E-state index is 12.3. The lowest BCUT2D eigenvalue weighted by molar-refractivity contribution is -0.119. The fourth-order valence-corrected chi connectivity index (χ4v) is 2.54. The van der Waals surface area contributed by atoms with Gasteiger partial charge in [-0.3, -0.25) is 4.79 Å². The van der Waals surface area contributed by atoms with Crippen molar-refractivity contribution >= 4 is 27.5 Å². The van der Waals surface area contributed by atoms with E-state index in [4.69, 9.17) is 0 Å². The van der Waals surface area contributed by atoms with Crippen LogP contribution in [-0.2, 0) is 4.79 Å². The molecule has 0 N–H and O–H groups in total. The van der Waals surface area contributed by atoms with E-state index in [1.165, 1.54) is 0 Å². The average molecular weight is 312 g/mol. The predicted octanol–water partition coefficient (Wildman–Crippen LogP) is 4.77. The van der Waals surface area contributed by atoms with Crippen LogP contribution in [0, 0.1) is 0 Å². The van der Waals surface area contributed by atoms with E-state index in [0.717, 1.165) is 29.4 Å². The second-order valence-corrected chi connectivity index (χ2v) is 5.55. The van der Waals surface area contributed by atoms with Crippen molar-refractivity contribution in [3.63, 3.8) is 0 Å². The molecule has 0 fully saturated rings. The van der Waals surface area contributed by atoms with Crippen molar-refractivity contribution in [2.45, 2.75) is 52.5 Å². The van der Waals surface area contributed by atoms with Gasteiger partial charge in [0, 0.05) is 22.6 Å². The minimum absolute atomic E-state index is 0.219. The Bertz CT molecular complexity index is 392. The highest BCUT2D eigenvalue weighted by molar-refractivity contribution is 9.10. The van der Waals surface area contributed by atoms with Crippen LogP contribution < -0.4 is 4.90 Å². The molecular weight excluding hydrogens is 290 g/mol. The number of hydrogen-bond donors (Lipinski definition) is 0. The average Bonchev–Trinajstić information content (AvgIpc) is 2.30. The molecule has 1 rings (SSSR count). The summed E-state index contributed by atoms with van der Waals surface area (Å²) in [5.41, 5.74) is 0.990. The number of halogens is 1. The van der Waals surface area contributed by atoms with E-state index in [1.54, 1.807) is 0 Å². The van der Waals surface area contributed by atoms with E-state index in [0.29, 0.717) is 6.42 Å². The lowest BCUT2D eigenvalue weighted by atomic mass is 10.1. The number of benzene rings is 1. The molecular formula is C15H22BrNO. The highest BCUT2D eigenvalue weighted by Gasteiger charge is 2.20. The van der Waals surface area contributed by atoms with Gasteiger partial charge < -0.3 is 4.90 Å². The molecule has 1 aromatic carbocycles. The molecule has 3 heteroatoms. The van der Waals surface area contributed by atoms with Crippen LogP contribution in [0.3, 0.4) is 0 Å². The van der Waals surface area contributed by atoms with Crippen molar-refractivity contribution in [3.05, 3.63) is 28.7 Å². The minimum Gasteiger partial charge on any atom is -0.310 e. The molecule has 0 aliphatic carbocycles. The largest absolute Gasteiger partial charge is 0.310 e. The van der Waals surface area contributed by atoms with Crippen LogP contribution in [0.5, 0.6) is 0 Å². The summed E-state index contributed by atoms with van der Waals surface area (Å²) in [6.07, 6.45) is 3.62. The maximum Gasteiger partial charge on any atom is 0.227 e. The summed E-state index contributed by atoms with van der Waals surface area (Å²) < 4.78 is 1.01. The summed E-state index contributed by atoms with van der Waals surface area (Å²) in [6, 6.07) is 8.23. The molecule has 1 aromatic rings. The number of amides is 1. The summed E-state index contributed by atoms with van der Waals surface area (Å²) in [6.45, 7) is 6.32. The lowest BCUT2D eigenvalue weighted by Gasteiger charge is -2.29. The van der Waals surface area contributed by atoms with Gasteiger partial charge in [0.15, 0.2) is 0 Å². The van der Waals surface area contributed by atoms with Crippen molar-refractivity contribution in [2.24, 2.45) is 0 Å². The minimum atomic E-state index is 0.219. The Morgan fingerprint density at radius 2 is 2.06 bits per heavy atom. The highest BCUT2D eigenvalue weighted by Crippen LogP contribution is 2.24. The monoisotopic (exact) mass is 311 g/mol. The Balaban J connectivity index is 2.99. The molecule has 0 saturated heterocycles. The van der Waals surface area contributed by atoms with Gasteiger partial charge in [-0.15, -0.1) is 0 Å². The van der Waals surface area contributed by atoms with Gasteiger partial charge in [0.1, 0.15) is 0 Å². The zero-order valence-electron chi connectivity index (χ0n) is 11.4. The second-order valence-electron chi connectivity index (χ2n) is 4.63. The Morgan fingerprint density at radius 3 is 2.61 bits per heavy atom. The van der Waals surface area contributed by atoms with E-state index in [1.807, 2.05) is 36.1 Å². The number of nitrogens with zero attached hydrogens (tertiary/aromatic N) is 1. The summed E-state index contributed by atoms with van der Waals surface area (Å²) in [7, 11) is 0. The summed E-state index contributed by atoms with van der Waals surface area (Å²) in [5.74, 6) is 0.219. The van der Waals surface area contributed by atoms with Crippen molar-refractivity contribution in [1.29, 1.82) is 0 Å². The van der Waals surface area contributed by atoms with Gasteiger partial charge in [-0.25, -0.2) is 0 Å². The molecule has 2 nitrogen and oxygen atoms in total. The first-order chi connectivity index (χ1) is 8.60. The molecule has 0 aromatic heterocycles. The Morgan fingerprint density at radius 1 is 1.33 bits per heavy atom. The molecule has 0 radical (unpaired) electrons. The lowest BCUT2D eigenvalue weighted by Crippen LogP contribution is -2.38. The van der Waals surface area contributed by atoms with Crippen LogP contribution in [0.1, 0.15) is 46.5 Å². The molecule has 0 saturated carbocycles. The zero-order valence-corrected chi connectivity index (χ0v) is 13.0. The van der Waals surface area contributed by atoms with Crippen LogP contribution in [0.2, 0.25) is 0 Å². The van der Waals surface area contributed by atoms with Gasteiger partial charge in [-0.1, -0.05) is 42.3 Å². The predicted molar refractivity (Wildman–Crippen MR) is 80.9 cm³/mol. The maximum absolute atomic E-state index is 12.3. The smallest absolute Gasteiger partial charge is 0.227 e. The van der Waals surface area contributed by atoms with E-state index in [-0.39, 0.29) is 11.9 Å². The standard InChI is InChI=1S/C15H22BrNO/c1-4-7-12(3)17(15(18)8-5-2)14-10-6-9-13(16)11-14/h6,9-12H,4-5,7-8H2,1-3H3. The number of hydrogen-bond acceptors (Lipinski definition) is 1. The van der Waals surface area contributed by atoms with Crippen LogP contribution in [-0.4, -0.2) is 11.9 Å². The molecule has 0 heterocycles. The van der Waals surface area contributed by atoms with E-state index in [2.05, 4.69) is 29.8 Å². The van der Waals surface area contributed by atoms with E-state index < -0.39 is 0 Å². The molecule has 0 aliphatic rings. The van der Waals surface area contributed by atoms with E-state index in [9.17, 15) is 4.79 Å². The molecule has 100 valence electrons. The normalized spacial score (nSPS) is 12.2. The van der Waals surface area contributed by atoms with Crippen LogP contribution in [0.25, 0.3) is 0 Å². The summed E-state index contributed by atoms with van der Waals surface area (Å²) in [5, 5.41) is 0. The molecule has 0 spiro atoms. The Kier molecular flexibility index (Phi) is 6.41. The van der Waals surface area contributed by atoms with Gasteiger partial charge in [-0.05, 0) is 38.0 Å². The van der Waals surface area contributed by atoms with Gasteiger partial charge in [0.25, 0.3) is 0 Å². The Labute approximate surface area is 119 Å². The number of carbonyl (C=O) groups is 1. The first-order valence-corrected chi connectivity index (χ1v) is 7.47. The topological polar surface area (TPSA) is 20.3 Å². The zero-order chi connectivity index (χ0) is 13.5. The quantitative estimate of drug-likeness (QED) is 0.741. The Hall–Kier alpha value is -0.830. The van der Waals surface area contributed by atoms with Crippen LogP contribution >= 0.6 is 15.9 Å².